The molecular formula is C22H29N9O9P2S2. The van der Waals surface area contributed by atoms with Crippen molar-refractivity contribution < 1.29 is 37.8 Å². The van der Waals surface area contributed by atoms with Gasteiger partial charge in [-0.15, -0.1) is 0 Å². The number of nitrogen functional groups attached to an aromatic ring is 1. The number of hydrogen-bond donors (Lipinski definition) is 7. The van der Waals surface area contributed by atoms with Crippen molar-refractivity contribution in [2.45, 2.75) is 50.3 Å². The number of nitrogens with two attached hydrogens (primary N) is 1. The van der Waals surface area contributed by atoms with Gasteiger partial charge in [0.1, 0.15) is 36.1 Å². The summed E-state index contributed by atoms with van der Waals surface area (Å²) in [4.78, 5) is 51.1. The number of nitrogens with zero attached hydrogens (tertiary/aromatic N) is 6. The minimum absolute atomic E-state index is 0.0466. The number of hydrogen-bond acceptors (Lipinski definition) is 15. The van der Waals surface area contributed by atoms with Crippen molar-refractivity contribution in [2.75, 3.05) is 24.3 Å². The number of thiol groups is 1. The molecule has 1 aliphatic heterocycles. The quantitative estimate of drug-likeness (QED) is 0.108. The Kier molecular flexibility index (Phi) is 9.75. The molecule has 0 bridgehead atoms. The summed E-state index contributed by atoms with van der Waals surface area (Å²) in [7, 11) is 0. The van der Waals surface area contributed by atoms with E-state index in [1.807, 2.05) is 6.07 Å². The molecule has 1 saturated carbocycles. The largest absolute Gasteiger partial charge is 0.390 e. The van der Waals surface area contributed by atoms with E-state index in [-0.39, 0.29) is 48.4 Å². The molecule has 18 nitrogen and oxygen atoms in total. The SMILES string of the molecule is C[C@@H]1[C@H](O)[C@@H](COP(O)(=S)O[C@H]2C[C@H](Nc3ncncc3C#N)C[C@@H]2COP(=O)(O)S)O[C@H]1n1cnc2c(=O)[nH]c(N)nc21. The van der Waals surface area contributed by atoms with Crippen LogP contribution in [0.4, 0.5) is 11.8 Å². The fraction of sp³-hybridized carbons (Fsp3) is 0.545. The minimum Gasteiger partial charge on any atom is -0.390 e. The minimum atomic E-state index is -4.12. The van der Waals surface area contributed by atoms with Crippen molar-refractivity contribution in [3.05, 3.63) is 34.8 Å². The van der Waals surface area contributed by atoms with Crippen LogP contribution in [0.3, 0.4) is 0 Å². The molecule has 0 amide bonds. The molecule has 4 heterocycles. The van der Waals surface area contributed by atoms with Gasteiger partial charge in [-0.25, -0.2) is 19.5 Å². The molecule has 44 heavy (non-hydrogen) atoms. The third kappa shape index (κ3) is 7.46. The lowest BCUT2D eigenvalue weighted by Crippen LogP contribution is -2.29. The summed E-state index contributed by atoms with van der Waals surface area (Å²) >= 11 is 8.82. The highest BCUT2D eigenvalue weighted by Crippen LogP contribution is 2.52. The van der Waals surface area contributed by atoms with Crippen molar-refractivity contribution in [1.82, 2.24) is 29.5 Å². The van der Waals surface area contributed by atoms with Crippen LogP contribution in [0.15, 0.2) is 23.6 Å². The normalized spacial score (nSPS) is 29.7. The van der Waals surface area contributed by atoms with Gasteiger partial charge < -0.3 is 44.3 Å². The number of fused-ring (bicyclic) bond motifs is 1. The van der Waals surface area contributed by atoms with E-state index < -0.39 is 55.5 Å². The van der Waals surface area contributed by atoms with E-state index >= 15 is 0 Å². The lowest BCUT2D eigenvalue weighted by atomic mass is 10.0. The highest BCUT2D eigenvalue weighted by molar-refractivity contribution is 8.44. The summed E-state index contributed by atoms with van der Waals surface area (Å²) in [6.45, 7) is -6.95. The van der Waals surface area contributed by atoms with Gasteiger partial charge in [-0.3, -0.25) is 14.3 Å². The van der Waals surface area contributed by atoms with E-state index in [0.29, 0.717) is 12.2 Å². The maximum absolute atomic E-state index is 12.2. The molecule has 0 aromatic carbocycles. The summed E-state index contributed by atoms with van der Waals surface area (Å²) in [6.07, 6.45) is 0.977. The number of aliphatic hydroxyl groups excluding tert-OH is 1. The highest BCUT2D eigenvalue weighted by Gasteiger charge is 2.44. The van der Waals surface area contributed by atoms with Gasteiger partial charge >= 0.3 is 13.5 Å². The molecular weight excluding hydrogens is 660 g/mol. The second-order valence-electron chi connectivity index (χ2n) is 10.4. The van der Waals surface area contributed by atoms with E-state index in [0.717, 1.165) is 0 Å². The Labute approximate surface area is 259 Å². The molecule has 1 aliphatic carbocycles. The van der Waals surface area contributed by atoms with Gasteiger partial charge in [0, 0.05) is 17.9 Å². The van der Waals surface area contributed by atoms with E-state index in [2.05, 4.69) is 42.5 Å². The lowest BCUT2D eigenvalue weighted by Gasteiger charge is -2.26. The zero-order valence-electron chi connectivity index (χ0n) is 22.9. The fourth-order valence-electron chi connectivity index (χ4n) is 5.27. The summed E-state index contributed by atoms with van der Waals surface area (Å²) in [6, 6.07) is 1.65. The number of rotatable bonds is 11. The summed E-state index contributed by atoms with van der Waals surface area (Å²) < 4.78 is 35.6. The molecule has 238 valence electrons. The molecule has 9 atom stereocenters. The first-order chi connectivity index (χ1) is 20.7. The molecule has 3 aromatic rings. The van der Waals surface area contributed by atoms with Crippen LogP contribution < -0.4 is 16.6 Å². The summed E-state index contributed by atoms with van der Waals surface area (Å²) in [5.74, 6) is -0.862. The number of ether oxygens (including phenoxy) is 1. The first kappa shape index (κ1) is 32.9. The van der Waals surface area contributed by atoms with Gasteiger partial charge in [-0.1, -0.05) is 19.2 Å². The predicted molar refractivity (Wildman–Crippen MR) is 161 cm³/mol. The van der Waals surface area contributed by atoms with E-state index in [9.17, 15) is 29.5 Å². The number of aliphatic hydroxyl groups is 1. The van der Waals surface area contributed by atoms with E-state index in [4.69, 9.17) is 35.8 Å². The van der Waals surface area contributed by atoms with Gasteiger partial charge in [0.25, 0.3) is 5.56 Å². The van der Waals surface area contributed by atoms with Gasteiger partial charge in [0.15, 0.2) is 11.2 Å². The predicted octanol–water partition coefficient (Wildman–Crippen LogP) is 0.814. The van der Waals surface area contributed by atoms with Crippen LogP contribution in [0.5, 0.6) is 0 Å². The average Bonchev–Trinajstić information content (AvgIpc) is 3.62. The van der Waals surface area contributed by atoms with E-state index in [1.165, 1.54) is 23.4 Å². The second kappa shape index (κ2) is 13.1. The van der Waals surface area contributed by atoms with Crippen molar-refractivity contribution in [3.8, 4) is 6.07 Å². The third-order valence-corrected chi connectivity index (χ3v) is 9.76. The number of aromatic amines is 1. The average molecular weight is 690 g/mol. The second-order valence-corrected chi connectivity index (χ2v) is 15.9. The van der Waals surface area contributed by atoms with Gasteiger partial charge in [-0.2, -0.15) is 10.2 Å². The molecule has 3 aromatic heterocycles. The molecule has 2 aliphatic rings. The van der Waals surface area contributed by atoms with Crippen LogP contribution in [-0.4, -0.2) is 81.9 Å². The molecule has 22 heteroatoms. The number of nitrogens with one attached hydrogen (secondary N) is 2. The Morgan fingerprint density at radius 1 is 1.34 bits per heavy atom. The topological polar surface area (TPSA) is 266 Å². The Balaban J connectivity index is 1.25. The van der Waals surface area contributed by atoms with Gasteiger partial charge in [-0.05, 0) is 24.6 Å². The highest BCUT2D eigenvalue weighted by atomic mass is 32.7. The number of aromatic nitrogens is 6. The Morgan fingerprint density at radius 2 is 2.11 bits per heavy atom. The van der Waals surface area contributed by atoms with Crippen molar-refractivity contribution >= 4 is 60.5 Å². The van der Waals surface area contributed by atoms with Crippen LogP contribution in [0.1, 0.15) is 31.6 Å². The molecule has 2 unspecified atom stereocenters. The van der Waals surface area contributed by atoms with Crippen LogP contribution in [0, 0.1) is 23.2 Å². The summed E-state index contributed by atoms with van der Waals surface area (Å²) in [5, 5.41) is 23.4. The monoisotopic (exact) mass is 689 g/mol. The standard InChI is InChI=1S/C22H29N9O9P2S2/c1-10-17(32)15(39-21(10)31-9-27-16-19(31)29-22(24)30-20(16)33)7-38-42(36,44)40-14-3-13(2-11(14)6-37-41(34,35)43)28-18-12(4-23)5-25-8-26-18/h5,8-11,13-15,17,21,32H,2-3,6-7H2,1H3,(H,36,44)(H,25,26,28)(H2,34,35,43)(H3,24,29,30,33)/t10-,11-,13-,14+,15-,17+,21-,42?/m1/s1. The van der Waals surface area contributed by atoms with Gasteiger partial charge in [0.2, 0.25) is 5.95 Å². The lowest BCUT2D eigenvalue weighted by molar-refractivity contribution is -0.0442. The molecule has 1 saturated heterocycles. The smallest absolute Gasteiger partial charge is 0.383 e. The Bertz CT molecular complexity index is 1720. The molecule has 2 fully saturated rings. The third-order valence-electron chi connectivity index (χ3n) is 7.34. The van der Waals surface area contributed by atoms with Crippen LogP contribution in [0.2, 0.25) is 0 Å². The first-order valence-corrected chi connectivity index (χ1v) is 18.4. The maximum Gasteiger partial charge on any atom is 0.383 e. The molecule has 5 rings (SSSR count). The van der Waals surface area contributed by atoms with Gasteiger partial charge in [0.05, 0.1) is 37.9 Å². The number of H-pyrrole nitrogens is 1. The van der Waals surface area contributed by atoms with Crippen molar-refractivity contribution in [3.63, 3.8) is 0 Å². The fourth-order valence-corrected chi connectivity index (χ4v) is 7.36. The molecule has 7 N–H and O–H groups in total. The van der Waals surface area contributed by atoms with E-state index in [1.54, 1.807) is 6.92 Å². The zero-order valence-corrected chi connectivity index (χ0v) is 26.4. The maximum atomic E-state index is 12.2. The molecule has 0 radical (unpaired) electrons. The van der Waals surface area contributed by atoms with Crippen LogP contribution in [-0.2, 0) is 34.7 Å². The number of imidazole rings is 1. The summed E-state index contributed by atoms with van der Waals surface area (Å²) in [5.41, 5.74) is 5.59. The van der Waals surface area contributed by atoms with Crippen molar-refractivity contribution in [1.29, 1.82) is 5.26 Å². The van der Waals surface area contributed by atoms with Crippen LogP contribution >= 0.6 is 25.8 Å². The number of nitriles is 1. The van der Waals surface area contributed by atoms with Crippen LogP contribution in [0.25, 0.3) is 11.2 Å². The number of anilines is 2. The zero-order chi connectivity index (χ0) is 31.8. The Hall–Kier alpha value is -2.53. The molecule has 0 spiro atoms. The first-order valence-electron chi connectivity index (χ1n) is 13.1. The Morgan fingerprint density at radius 3 is 2.84 bits per heavy atom. The van der Waals surface area contributed by atoms with Crippen molar-refractivity contribution in [2.24, 2.45) is 11.8 Å².